The van der Waals surface area contributed by atoms with Gasteiger partial charge in [0.25, 0.3) is 0 Å². The van der Waals surface area contributed by atoms with Gasteiger partial charge in [-0.25, -0.2) is 0 Å². The van der Waals surface area contributed by atoms with E-state index in [9.17, 15) is 8.78 Å². The highest BCUT2D eigenvalue weighted by Crippen LogP contribution is 2.46. The average molecular weight is 537 g/mol. The highest BCUT2D eigenvalue weighted by molar-refractivity contribution is 4.86. The van der Waals surface area contributed by atoms with E-state index in [1.165, 1.54) is 128 Å². The van der Waals surface area contributed by atoms with E-state index in [1.807, 2.05) is 0 Å². The van der Waals surface area contributed by atoms with E-state index >= 15 is 0 Å². The Morgan fingerprint density at radius 2 is 0.526 bits per heavy atom. The van der Waals surface area contributed by atoms with Crippen molar-refractivity contribution in [3.63, 3.8) is 0 Å². The van der Waals surface area contributed by atoms with Crippen LogP contribution >= 0.6 is 0 Å². The number of hydrogen-bond donors (Lipinski definition) is 0. The first-order valence-corrected chi connectivity index (χ1v) is 17.9. The molecule has 224 valence electrons. The predicted molar refractivity (Wildman–Crippen MR) is 162 cm³/mol. The van der Waals surface area contributed by atoms with Gasteiger partial charge in [0.1, 0.15) is 0 Å². The monoisotopic (exact) mass is 537 g/mol. The molecule has 0 saturated heterocycles. The second-order valence-corrected chi connectivity index (χ2v) is 14.1. The minimum atomic E-state index is -0.127. The summed E-state index contributed by atoms with van der Waals surface area (Å²) < 4.78 is 24.3. The van der Waals surface area contributed by atoms with Gasteiger partial charge in [-0.05, 0) is 99.7 Å². The van der Waals surface area contributed by atoms with E-state index in [4.69, 9.17) is 0 Å². The topological polar surface area (TPSA) is 0 Å². The summed E-state index contributed by atoms with van der Waals surface area (Å²) in [6.45, 7) is -0.253. The normalized spacial score (nSPS) is 30.5. The van der Waals surface area contributed by atoms with Crippen LogP contribution in [-0.2, 0) is 0 Å². The molecule has 3 fully saturated rings. The number of hydrogen-bond acceptors (Lipinski definition) is 0. The molecule has 0 amide bonds. The Bertz CT molecular complexity index is 523. The van der Waals surface area contributed by atoms with Gasteiger partial charge in [0, 0.05) is 0 Å². The fourth-order valence-electron chi connectivity index (χ4n) is 8.81. The average Bonchev–Trinajstić information content (AvgIpc) is 2.97. The molecular formula is C36H66F2. The van der Waals surface area contributed by atoms with E-state index in [1.54, 1.807) is 25.7 Å². The summed E-state index contributed by atoms with van der Waals surface area (Å²) in [5, 5.41) is 0. The van der Waals surface area contributed by atoms with E-state index in [0.29, 0.717) is 0 Å². The molecule has 0 aromatic carbocycles. The van der Waals surface area contributed by atoms with E-state index in [-0.39, 0.29) is 13.3 Å². The fraction of sp³-hybridized carbons (Fsp3) is 1.00. The van der Waals surface area contributed by atoms with Gasteiger partial charge in [0.15, 0.2) is 0 Å². The van der Waals surface area contributed by atoms with Crippen LogP contribution in [0.4, 0.5) is 8.78 Å². The van der Waals surface area contributed by atoms with E-state index in [0.717, 1.165) is 61.2 Å². The van der Waals surface area contributed by atoms with Gasteiger partial charge in [-0.3, -0.25) is 8.78 Å². The lowest BCUT2D eigenvalue weighted by Crippen LogP contribution is -2.29. The van der Waals surface area contributed by atoms with Gasteiger partial charge in [0.2, 0.25) is 0 Å². The highest BCUT2D eigenvalue weighted by atomic mass is 19.1. The molecule has 0 nitrogen and oxygen atoms in total. The molecule has 0 bridgehead atoms. The van der Waals surface area contributed by atoms with Crippen molar-refractivity contribution < 1.29 is 8.78 Å². The number of halogens is 2. The van der Waals surface area contributed by atoms with Gasteiger partial charge in [0.05, 0.1) is 13.3 Å². The molecule has 0 heterocycles. The first-order chi connectivity index (χ1) is 18.8. The molecule has 0 atom stereocenters. The first-order valence-electron chi connectivity index (χ1n) is 17.9. The van der Waals surface area contributed by atoms with Gasteiger partial charge in [-0.1, -0.05) is 116 Å². The first kappa shape index (κ1) is 32.4. The van der Waals surface area contributed by atoms with Crippen LogP contribution in [0.3, 0.4) is 0 Å². The molecular weight excluding hydrogens is 470 g/mol. The maximum absolute atomic E-state index is 12.2. The molecule has 0 unspecified atom stereocenters. The summed E-state index contributed by atoms with van der Waals surface area (Å²) in [5.74, 6) is 6.28. The zero-order chi connectivity index (χ0) is 26.7. The van der Waals surface area contributed by atoms with Crippen LogP contribution < -0.4 is 0 Å². The van der Waals surface area contributed by atoms with Crippen LogP contribution in [0.15, 0.2) is 0 Å². The minimum absolute atomic E-state index is 0.126. The van der Waals surface area contributed by atoms with Crippen molar-refractivity contribution in [2.75, 3.05) is 13.3 Å². The smallest absolute Gasteiger partial charge is 0.0894 e. The van der Waals surface area contributed by atoms with Crippen LogP contribution in [0.5, 0.6) is 0 Å². The predicted octanol–water partition coefficient (Wildman–Crippen LogP) is 12.6. The molecule has 3 aliphatic carbocycles. The molecule has 38 heavy (non-hydrogen) atoms. The van der Waals surface area contributed by atoms with Crippen molar-refractivity contribution in [1.82, 2.24) is 0 Å². The van der Waals surface area contributed by atoms with Gasteiger partial charge < -0.3 is 0 Å². The van der Waals surface area contributed by atoms with Crippen LogP contribution in [0.25, 0.3) is 0 Å². The standard InChI is InChI=1S/C36H66F2/c37-29-13-9-5-2-1-3-7-11-15-31-17-21-33(22-18-31)35-25-27-36(28-26-35)34-23-19-32(20-24-34)16-12-8-4-6-10-14-30-38/h31-36H,1-30H2. The second kappa shape index (κ2) is 20.7. The van der Waals surface area contributed by atoms with Crippen LogP contribution in [-0.4, -0.2) is 13.3 Å². The molecule has 0 aromatic rings. The third kappa shape index (κ3) is 13.0. The van der Waals surface area contributed by atoms with Crippen molar-refractivity contribution in [1.29, 1.82) is 0 Å². The lowest BCUT2D eigenvalue weighted by Gasteiger charge is -2.41. The molecule has 3 saturated carbocycles. The van der Waals surface area contributed by atoms with Crippen LogP contribution in [0.2, 0.25) is 0 Å². The van der Waals surface area contributed by atoms with Gasteiger partial charge in [-0.15, -0.1) is 0 Å². The molecule has 0 aliphatic heterocycles. The Morgan fingerprint density at radius 3 is 0.816 bits per heavy atom. The minimum Gasteiger partial charge on any atom is -0.251 e. The second-order valence-electron chi connectivity index (χ2n) is 14.1. The SMILES string of the molecule is FCCCCCCCCCCC1CCC(C2CCC(C3CCC(CCCCCCCCF)CC3)CC2)CC1. The highest BCUT2D eigenvalue weighted by Gasteiger charge is 2.34. The number of unbranched alkanes of at least 4 members (excludes halogenated alkanes) is 12. The van der Waals surface area contributed by atoms with Gasteiger partial charge >= 0.3 is 0 Å². The number of alkyl halides is 2. The van der Waals surface area contributed by atoms with Crippen molar-refractivity contribution >= 4 is 0 Å². The third-order valence-electron chi connectivity index (χ3n) is 11.4. The Labute approximate surface area is 237 Å². The molecule has 0 spiro atoms. The largest absolute Gasteiger partial charge is 0.251 e. The fourth-order valence-corrected chi connectivity index (χ4v) is 8.81. The van der Waals surface area contributed by atoms with E-state index < -0.39 is 0 Å². The maximum Gasteiger partial charge on any atom is 0.0894 e. The summed E-state index contributed by atoms with van der Waals surface area (Å²) in [4.78, 5) is 0. The summed E-state index contributed by atoms with van der Waals surface area (Å²) >= 11 is 0. The molecule has 0 radical (unpaired) electrons. The van der Waals surface area contributed by atoms with Gasteiger partial charge in [-0.2, -0.15) is 0 Å². The molecule has 3 rings (SSSR count). The van der Waals surface area contributed by atoms with Crippen molar-refractivity contribution in [2.24, 2.45) is 35.5 Å². The Kier molecular flexibility index (Phi) is 17.6. The molecule has 2 heteroatoms. The number of rotatable bonds is 20. The van der Waals surface area contributed by atoms with Crippen molar-refractivity contribution in [3.8, 4) is 0 Å². The summed E-state index contributed by atoms with van der Waals surface area (Å²) in [6.07, 6.45) is 38.7. The Hall–Kier alpha value is -0.140. The molecule has 0 aromatic heterocycles. The molecule has 0 N–H and O–H groups in total. The Balaban J connectivity index is 1.16. The summed E-state index contributed by atoms with van der Waals surface area (Å²) in [6, 6.07) is 0. The van der Waals surface area contributed by atoms with Crippen LogP contribution in [0, 0.1) is 35.5 Å². The summed E-state index contributed by atoms with van der Waals surface area (Å²) in [5.41, 5.74) is 0. The van der Waals surface area contributed by atoms with Crippen LogP contribution in [0.1, 0.15) is 180 Å². The lowest BCUT2D eigenvalue weighted by molar-refractivity contribution is 0.102. The Morgan fingerprint density at radius 1 is 0.289 bits per heavy atom. The van der Waals surface area contributed by atoms with Crippen molar-refractivity contribution in [2.45, 2.75) is 180 Å². The molecule has 3 aliphatic rings. The quantitative estimate of drug-likeness (QED) is 0.136. The lowest BCUT2D eigenvalue weighted by atomic mass is 9.64. The third-order valence-corrected chi connectivity index (χ3v) is 11.4. The van der Waals surface area contributed by atoms with Crippen molar-refractivity contribution in [3.05, 3.63) is 0 Å². The summed E-state index contributed by atoms with van der Waals surface area (Å²) in [7, 11) is 0. The zero-order valence-electron chi connectivity index (χ0n) is 25.4. The van der Waals surface area contributed by atoms with E-state index in [2.05, 4.69) is 0 Å². The zero-order valence-corrected chi connectivity index (χ0v) is 25.4. The maximum atomic E-state index is 12.2.